The number of sulfonamides is 1. The molecule has 0 radical (unpaired) electrons. The monoisotopic (exact) mass is 694 g/mol. The van der Waals surface area contributed by atoms with Crippen molar-refractivity contribution in [3.63, 3.8) is 0 Å². The molecule has 2 fully saturated rings. The van der Waals surface area contributed by atoms with Gasteiger partial charge in [0.1, 0.15) is 33.8 Å². The second-order valence-corrected chi connectivity index (χ2v) is 15.2. The minimum absolute atomic E-state index is 0.0985. The SMILES string of the molecule is CN1CCN(C2CCC(n3nc(-c4ccc(C(NS(=O)(=O)c5cccc6nsnc56)c5ccccc5)cc4)c4c(N)ncnc43)CC2)CC1. The first-order chi connectivity index (χ1) is 23.9. The third-order valence-electron chi connectivity index (χ3n) is 10.0. The molecule has 3 aromatic heterocycles. The topological polar surface area (TPSA) is 148 Å². The minimum Gasteiger partial charge on any atom is -0.383 e. The van der Waals surface area contributed by atoms with Gasteiger partial charge in [-0.1, -0.05) is 60.7 Å². The Labute approximate surface area is 289 Å². The van der Waals surface area contributed by atoms with Gasteiger partial charge < -0.3 is 10.6 Å². The first-order valence-corrected chi connectivity index (χ1v) is 18.9. The predicted octanol–water partition coefficient (Wildman–Crippen LogP) is 4.88. The van der Waals surface area contributed by atoms with E-state index in [1.54, 1.807) is 18.2 Å². The summed E-state index contributed by atoms with van der Waals surface area (Å²) in [5.74, 6) is 0.391. The molecule has 0 amide bonds. The Bertz CT molecular complexity index is 2190. The van der Waals surface area contributed by atoms with E-state index in [1.807, 2.05) is 54.6 Å². The maximum Gasteiger partial charge on any atom is 0.243 e. The number of nitrogens with one attached hydrogen (secondary N) is 1. The maximum atomic E-state index is 13.8. The zero-order valence-electron chi connectivity index (χ0n) is 27.2. The second-order valence-electron chi connectivity index (χ2n) is 13.0. The summed E-state index contributed by atoms with van der Waals surface area (Å²) in [6.45, 7) is 4.51. The van der Waals surface area contributed by atoms with Crippen LogP contribution in [0.5, 0.6) is 0 Å². The molecule has 1 aliphatic carbocycles. The van der Waals surface area contributed by atoms with Crippen molar-refractivity contribution in [2.24, 2.45) is 0 Å². The van der Waals surface area contributed by atoms with Crippen LogP contribution in [-0.4, -0.2) is 86.0 Å². The zero-order valence-corrected chi connectivity index (χ0v) is 28.8. The molecule has 1 atom stereocenters. The van der Waals surface area contributed by atoms with Gasteiger partial charge in [0, 0.05) is 37.8 Å². The van der Waals surface area contributed by atoms with Crippen LogP contribution in [0.2, 0.25) is 0 Å². The average Bonchev–Trinajstić information content (AvgIpc) is 3.78. The normalized spacial score (nSPS) is 20.2. The van der Waals surface area contributed by atoms with Crippen LogP contribution in [-0.2, 0) is 10.0 Å². The van der Waals surface area contributed by atoms with E-state index in [-0.39, 0.29) is 10.9 Å². The summed E-state index contributed by atoms with van der Waals surface area (Å²) in [5, 5.41) is 5.88. The quantitative estimate of drug-likeness (QED) is 0.226. The molecule has 0 bridgehead atoms. The van der Waals surface area contributed by atoms with Crippen molar-refractivity contribution in [1.29, 1.82) is 0 Å². The summed E-state index contributed by atoms with van der Waals surface area (Å²) in [6, 6.07) is 22.5. The third kappa shape index (κ3) is 6.19. The number of fused-ring (bicyclic) bond motifs is 2. The molecule has 3 N–H and O–H groups in total. The Morgan fingerprint density at radius 1 is 0.837 bits per heavy atom. The van der Waals surface area contributed by atoms with Crippen molar-refractivity contribution in [3.05, 3.63) is 90.3 Å². The summed E-state index contributed by atoms with van der Waals surface area (Å²) >= 11 is 0.992. The summed E-state index contributed by atoms with van der Waals surface area (Å²) in [4.78, 5) is 14.1. The van der Waals surface area contributed by atoms with Crippen molar-refractivity contribution in [2.75, 3.05) is 39.0 Å². The van der Waals surface area contributed by atoms with Crippen molar-refractivity contribution >= 4 is 49.6 Å². The first-order valence-electron chi connectivity index (χ1n) is 16.7. The number of aromatic nitrogens is 6. The molecule has 6 aromatic rings. The number of nitrogens with zero attached hydrogens (tertiary/aromatic N) is 8. The highest BCUT2D eigenvalue weighted by molar-refractivity contribution is 7.89. The van der Waals surface area contributed by atoms with E-state index in [4.69, 9.17) is 10.8 Å². The third-order valence-corrected chi connectivity index (χ3v) is 12.0. The van der Waals surface area contributed by atoms with Gasteiger partial charge in [-0.25, -0.2) is 23.1 Å². The molecule has 252 valence electrons. The van der Waals surface area contributed by atoms with E-state index in [1.165, 1.54) is 6.33 Å². The van der Waals surface area contributed by atoms with E-state index in [2.05, 4.69) is 45.0 Å². The van der Waals surface area contributed by atoms with Crippen molar-refractivity contribution in [3.8, 4) is 11.3 Å². The van der Waals surface area contributed by atoms with Crippen molar-refractivity contribution < 1.29 is 8.42 Å². The molecule has 1 saturated carbocycles. The molecule has 12 nitrogen and oxygen atoms in total. The van der Waals surface area contributed by atoms with Crippen LogP contribution < -0.4 is 10.5 Å². The largest absolute Gasteiger partial charge is 0.383 e. The molecule has 0 spiro atoms. The van der Waals surface area contributed by atoms with Gasteiger partial charge in [0.15, 0.2) is 5.65 Å². The minimum atomic E-state index is -3.97. The highest BCUT2D eigenvalue weighted by Crippen LogP contribution is 2.38. The summed E-state index contributed by atoms with van der Waals surface area (Å²) in [5.41, 5.74) is 11.3. The lowest BCUT2D eigenvalue weighted by atomic mass is 9.90. The smallest absolute Gasteiger partial charge is 0.243 e. The van der Waals surface area contributed by atoms with Gasteiger partial charge in [-0.05, 0) is 56.0 Å². The van der Waals surface area contributed by atoms with Gasteiger partial charge in [0.25, 0.3) is 0 Å². The molecular weight excluding hydrogens is 657 g/mol. The standard InChI is InChI=1S/C35H38N10O2S2/c1-43-18-20-44(21-19-43)26-14-16-27(17-15-26)45-35-30(34(36)37-22-38-35)32(39-45)25-12-10-24(11-13-25)31(23-6-3-2-4-7-23)42-49(46,47)29-9-5-8-28-33(29)41-48-40-28/h2-13,22,26-27,31,42H,14-21H2,1H3,(H2,36,37,38). The number of nitrogen functional groups attached to an aromatic ring is 1. The molecule has 2 aliphatic rings. The van der Waals surface area contributed by atoms with Crippen LogP contribution in [0.1, 0.15) is 48.9 Å². The number of likely N-dealkylation sites (N-methyl/N-ethyl adjacent to an activating group) is 1. The summed E-state index contributed by atoms with van der Waals surface area (Å²) in [7, 11) is -1.77. The molecule has 4 heterocycles. The number of benzene rings is 3. The Balaban J connectivity index is 1.09. The molecule has 49 heavy (non-hydrogen) atoms. The van der Waals surface area contributed by atoms with Crippen LogP contribution in [0, 0.1) is 0 Å². The van der Waals surface area contributed by atoms with Crippen molar-refractivity contribution in [1.82, 2.24) is 43.0 Å². The molecule has 8 rings (SSSR count). The van der Waals surface area contributed by atoms with E-state index >= 15 is 0 Å². The van der Waals surface area contributed by atoms with Gasteiger partial charge >= 0.3 is 0 Å². The van der Waals surface area contributed by atoms with Gasteiger partial charge in [-0.2, -0.15) is 18.6 Å². The van der Waals surface area contributed by atoms with Crippen LogP contribution in [0.25, 0.3) is 33.3 Å². The fraction of sp³-hybridized carbons (Fsp3) is 0.343. The highest BCUT2D eigenvalue weighted by Gasteiger charge is 2.31. The molecule has 1 aliphatic heterocycles. The van der Waals surface area contributed by atoms with Crippen LogP contribution in [0.3, 0.4) is 0 Å². The predicted molar refractivity (Wildman–Crippen MR) is 192 cm³/mol. The van der Waals surface area contributed by atoms with Gasteiger partial charge in [0.2, 0.25) is 10.0 Å². The number of anilines is 1. The lowest BCUT2D eigenvalue weighted by Gasteiger charge is -2.41. The fourth-order valence-electron chi connectivity index (χ4n) is 7.33. The number of hydrogen-bond donors (Lipinski definition) is 2. The second kappa shape index (κ2) is 13.2. The summed E-state index contributed by atoms with van der Waals surface area (Å²) in [6.07, 6.45) is 5.83. The lowest BCUT2D eigenvalue weighted by Crippen LogP contribution is -2.49. The molecule has 3 aromatic carbocycles. The number of hydrogen-bond acceptors (Lipinski definition) is 11. The van der Waals surface area contributed by atoms with E-state index in [9.17, 15) is 8.42 Å². The number of piperazine rings is 1. The fourth-order valence-corrected chi connectivity index (χ4v) is 9.31. The number of nitrogens with two attached hydrogens (primary N) is 1. The Morgan fingerprint density at radius 2 is 1.55 bits per heavy atom. The Hall–Kier alpha value is -4.34. The Morgan fingerprint density at radius 3 is 2.31 bits per heavy atom. The lowest BCUT2D eigenvalue weighted by molar-refractivity contribution is 0.0815. The average molecular weight is 695 g/mol. The summed E-state index contributed by atoms with van der Waals surface area (Å²) < 4.78 is 41.1. The molecule has 1 saturated heterocycles. The number of rotatable bonds is 8. The van der Waals surface area contributed by atoms with E-state index in [0.29, 0.717) is 22.9 Å². The van der Waals surface area contributed by atoms with Crippen molar-refractivity contribution in [2.45, 2.75) is 48.7 Å². The Kier molecular flexibility index (Phi) is 8.58. The van der Waals surface area contributed by atoms with E-state index in [0.717, 1.165) is 97.0 Å². The molecule has 1 unspecified atom stereocenters. The van der Waals surface area contributed by atoms with Gasteiger partial charge in [0.05, 0.1) is 29.2 Å². The molecular formula is C35H38N10O2S2. The van der Waals surface area contributed by atoms with Crippen LogP contribution >= 0.6 is 11.7 Å². The maximum absolute atomic E-state index is 13.8. The van der Waals surface area contributed by atoms with Crippen LogP contribution in [0.15, 0.2) is 84.0 Å². The van der Waals surface area contributed by atoms with E-state index < -0.39 is 16.1 Å². The van der Waals surface area contributed by atoms with Gasteiger partial charge in [-0.3, -0.25) is 4.90 Å². The van der Waals surface area contributed by atoms with Gasteiger partial charge in [-0.15, -0.1) is 0 Å². The zero-order chi connectivity index (χ0) is 33.5. The first kappa shape index (κ1) is 31.9. The van der Waals surface area contributed by atoms with Crippen LogP contribution in [0.4, 0.5) is 5.82 Å². The highest BCUT2D eigenvalue weighted by atomic mass is 32.2. The molecule has 14 heteroatoms.